The number of rotatable bonds is 4. The molecule has 0 spiro atoms. The van der Waals surface area contributed by atoms with Gasteiger partial charge in [0.05, 0.1) is 18.3 Å². The highest BCUT2D eigenvalue weighted by Crippen LogP contribution is 2.30. The van der Waals surface area contributed by atoms with Crippen LogP contribution in [0.5, 0.6) is 5.75 Å². The Kier molecular flexibility index (Phi) is 4.58. The molecule has 7 nitrogen and oxygen atoms in total. The number of nitrogens with zero attached hydrogens (tertiary/aromatic N) is 2. The molecular formula is C24H22N4O3. The fourth-order valence-electron chi connectivity index (χ4n) is 4.34. The molecule has 1 aliphatic carbocycles. The van der Waals surface area contributed by atoms with Crippen LogP contribution in [0.2, 0.25) is 0 Å². The quantitative estimate of drug-likeness (QED) is 0.533. The molecule has 31 heavy (non-hydrogen) atoms. The zero-order valence-electron chi connectivity index (χ0n) is 17.4. The van der Waals surface area contributed by atoms with Crippen LogP contribution < -0.4 is 15.6 Å². The van der Waals surface area contributed by atoms with Gasteiger partial charge >= 0.3 is 0 Å². The standard InChI is InChI=1S/C24H22N4O3/c1-28-21(13-20(27-28)18-6-3-4-9-22(18)31-2)24(30)25-14-10-11-16-15-7-5-8-17(15)23(29)26-19(16)12-14/h3-4,6,9-13H,5,7-8H2,1-2H3,(H,25,30)(H,26,29). The summed E-state index contributed by atoms with van der Waals surface area (Å²) in [5, 5.41) is 8.45. The predicted octanol–water partition coefficient (Wildman–Crippen LogP) is 3.68. The fourth-order valence-corrected chi connectivity index (χ4v) is 4.34. The second-order valence-corrected chi connectivity index (χ2v) is 7.72. The van der Waals surface area contributed by atoms with Crippen LogP contribution in [0.15, 0.2) is 53.3 Å². The number of amides is 1. The lowest BCUT2D eigenvalue weighted by Crippen LogP contribution is -2.16. The molecule has 0 bridgehead atoms. The van der Waals surface area contributed by atoms with Gasteiger partial charge in [0.25, 0.3) is 11.5 Å². The van der Waals surface area contributed by atoms with Crippen molar-refractivity contribution in [3.05, 3.63) is 75.7 Å². The molecule has 0 atom stereocenters. The van der Waals surface area contributed by atoms with Gasteiger partial charge in [-0.15, -0.1) is 0 Å². The summed E-state index contributed by atoms with van der Waals surface area (Å²) >= 11 is 0. The number of H-pyrrole nitrogens is 1. The van der Waals surface area contributed by atoms with E-state index in [4.69, 9.17) is 4.74 Å². The average Bonchev–Trinajstić information content (AvgIpc) is 3.41. The Hall–Kier alpha value is -3.87. The van der Waals surface area contributed by atoms with E-state index in [1.807, 2.05) is 42.5 Å². The van der Waals surface area contributed by atoms with Crippen LogP contribution in [0.3, 0.4) is 0 Å². The van der Waals surface area contributed by atoms with Gasteiger partial charge < -0.3 is 15.0 Å². The normalized spacial score (nSPS) is 12.7. The first kappa shape index (κ1) is 19.1. The first-order valence-corrected chi connectivity index (χ1v) is 10.2. The van der Waals surface area contributed by atoms with Crippen LogP contribution in [0.4, 0.5) is 5.69 Å². The molecular weight excluding hydrogens is 392 g/mol. The van der Waals surface area contributed by atoms with Gasteiger partial charge in [-0.2, -0.15) is 5.10 Å². The number of carbonyl (C=O) groups excluding carboxylic acids is 1. The molecule has 0 aliphatic heterocycles. The monoisotopic (exact) mass is 414 g/mol. The SMILES string of the molecule is COc1ccccc1-c1cc(C(=O)Nc2ccc3c4c(c(=O)[nH]c3c2)CCC4)n(C)n1. The minimum absolute atomic E-state index is 0.0310. The maximum atomic E-state index is 12.9. The molecule has 1 amide bonds. The van der Waals surface area contributed by atoms with Gasteiger partial charge in [0.1, 0.15) is 11.4 Å². The molecule has 0 radical (unpaired) electrons. The number of hydrogen-bond donors (Lipinski definition) is 2. The van der Waals surface area contributed by atoms with Crippen molar-refractivity contribution in [1.29, 1.82) is 0 Å². The Morgan fingerprint density at radius 3 is 2.77 bits per heavy atom. The number of methoxy groups -OCH3 is 1. The van der Waals surface area contributed by atoms with Crippen molar-refractivity contribution >= 4 is 22.5 Å². The van der Waals surface area contributed by atoms with Crippen LogP contribution >= 0.6 is 0 Å². The zero-order valence-corrected chi connectivity index (χ0v) is 17.4. The van der Waals surface area contributed by atoms with Crippen LogP contribution in [0.25, 0.3) is 22.2 Å². The Labute approximate surface area is 178 Å². The molecule has 2 heterocycles. The molecule has 0 saturated heterocycles. The summed E-state index contributed by atoms with van der Waals surface area (Å²) in [6, 6.07) is 14.9. The maximum Gasteiger partial charge on any atom is 0.273 e. The highest BCUT2D eigenvalue weighted by molar-refractivity contribution is 6.04. The molecule has 4 aromatic rings. The molecule has 5 rings (SSSR count). The number of benzene rings is 2. The van der Waals surface area contributed by atoms with Gasteiger partial charge in [-0.1, -0.05) is 18.2 Å². The van der Waals surface area contributed by atoms with Gasteiger partial charge in [0.15, 0.2) is 0 Å². The zero-order chi connectivity index (χ0) is 21.5. The molecule has 0 fully saturated rings. The van der Waals surface area contributed by atoms with Crippen LogP contribution in [-0.2, 0) is 19.9 Å². The van der Waals surface area contributed by atoms with E-state index >= 15 is 0 Å². The summed E-state index contributed by atoms with van der Waals surface area (Å²) in [4.78, 5) is 28.3. The van der Waals surface area contributed by atoms with E-state index in [1.54, 1.807) is 24.9 Å². The lowest BCUT2D eigenvalue weighted by molar-refractivity contribution is 0.101. The maximum absolute atomic E-state index is 12.9. The third-order valence-corrected chi connectivity index (χ3v) is 5.84. The third-order valence-electron chi connectivity index (χ3n) is 5.84. The van der Waals surface area contributed by atoms with Crippen molar-refractivity contribution in [3.8, 4) is 17.0 Å². The summed E-state index contributed by atoms with van der Waals surface area (Å²) in [5.41, 5.74) is 5.24. The van der Waals surface area contributed by atoms with E-state index in [2.05, 4.69) is 15.4 Å². The van der Waals surface area contributed by atoms with E-state index in [1.165, 1.54) is 0 Å². The number of aromatic amines is 1. The summed E-state index contributed by atoms with van der Waals surface area (Å²) in [7, 11) is 3.34. The Morgan fingerprint density at radius 2 is 1.94 bits per heavy atom. The molecule has 7 heteroatoms. The van der Waals surface area contributed by atoms with E-state index < -0.39 is 0 Å². The first-order valence-electron chi connectivity index (χ1n) is 10.2. The van der Waals surface area contributed by atoms with Gasteiger partial charge in [-0.3, -0.25) is 14.3 Å². The Morgan fingerprint density at radius 1 is 1.13 bits per heavy atom. The van der Waals surface area contributed by atoms with Crippen LogP contribution in [0.1, 0.15) is 28.0 Å². The van der Waals surface area contributed by atoms with Gasteiger partial charge in [0, 0.05) is 29.2 Å². The minimum atomic E-state index is -0.279. The smallest absolute Gasteiger partial charge is 0.273 e. The van der Waals surface area contributed by atoms with Crippen LogP contribution in [-0.4, -0.2) is 27.8 Å². The molecule has 1 aliphatic rings. The van der Waals surface area contributed by atoms with Crippen molar-refractivity contribution in [2.24, 2.45) is 7.05 Å². The second kappa shape index (κ2) is 7.43. The molecule has 2 aromatic carbocycles. The number of aromatic nitrogens is 3. The third kappa shape index (κ3) is 3.28. The highest BCUT2D eigenvalue weighted by Gasteiger charge is 2.19. The number of fused-ring (bicyclic) bond motifs is 3. The highest BCUT2D eigenvalue weighted by atomic mass is 16.5. The number of pyridine rings is 1. The summed E-state index contributed by atoms with van der Waals surface area (Å²) < 4.78 is 6.96. The molecule has 0 saturated carbocycles. The summed E-state index contributed by atoms with van der Waals surface area (Å²) in [5.74, 6) is 0.414. The second-order valence-electron chi connectivity index (χ2n) is 7.72. The van der Waals surface area contributed by atoms with Crippen molar-refractivity contribution in [3.63, 3.8) is 0 Å². The lowest BCUT2D eigenvalue weighted by Gasteiger charge is -2.09. The predicted molar refractivity (Wildman–Crippen MR) is 120 cm³/mol. The van der Waals surface area contributed by atoms with Crippen molar-refractivity contribution in [2.75, 3.05) is 12.4 Å². The number of aryl methyl sites for hydroxylation is 2. The summed E-state index contributed by atoms with van der Waals surface area (Å²) in [6.07, 6.45) is 2.75. The Balaban J connectivity index is 1.45. The minimum Gasteiger partial charge on any atom is -0.496 e. The number of para-hydroxylation sites is 1. The largest absolute Gasteiger partial charge is 0.496 e. The van der Waals surface area contributed by atoms with Gasteiger partial charge in [0.2, 0.25) is 0 Å². The molecule has 156 valence electrons. The van der Waals surface area contributed by atoms with E-state index in [9.17, 15) is 9.59 Å². The summed E-state index contributed by atoms with van der Waals surface area (Å²) in [6.45, 7) is 0. The molecule has 0 unspecified atom stereocenters. The Bertz CT molecular complexity index is 1380. The van der Waals surface area contributed by atoms with Crippen LogP contribution in [0, 0.1) is 0 Å². The first-order chi connectivity index (χ1) is 15.0. The molecule has 2 aromatic heterocycles. The topological polar surface area (TPSA) is 89.0 Å². The number of carbonyl (C=O) groups is 1. The van der Waals surface area contributed by atoms with Gasteiger partial charge in [-0.25, -0.2) is 0 Å². The number of anilines is 1. The number of nitrogens with one attached hydrogen (secondary N) is 2. The van der Waals surface area contributed by atoms with Crippen molar-refractivity contribution in [2.45, 2.75) is 19.3 Å². The van der Waals surface area contributed by atoms with E-state index in [0.717, 1.165) is 46.9 Å². The van der Waals surface area contributed by atoms with Crippen molar-refractivity contribution in [1.82, 2.24) is 14.8 Å². The lowest BCUT2D eigenvalue weighted by atomic mass is 10.1. The molecule has 2 N–H and O–H groups in total. The van der Waals surface area contributed by atoms with Crippen molar-refractivity contribution < 1.29 is 9.53 Å². The van der Waals surface area contributed by atoms with Gasteiger partial charge in [-0.05, 0) is 55.2 Å². The van der Waals surface area contributed by atoms with E-state index in [-0.39, 0.29) is 11.5 Å². The average molecular weight is 414 g/mol. The fraction of sp³-hybridized carbons (Fsp3) is 0.208. The number of hydrogen-bond acceptors (Lipinski definition) is 4. The number of ether oxygens (including phenoxy) is 1. The van der Waals surface area contributed by atoms with E-state index in [0.29, 0.717) is 22.8 Å².